The van der Waals surface area contributed by atoms with Gasteiger partial charge < -0.3 is 10.6 Å². The highest BCUT2D eigenvalue weighted by Gasteiger charge is 2.37. The quantitative estimate of drug-likeness (QED) is 0.890. The molecule has 19 heavy (non-hydrogen) atoms. The number of carbonyl (C=O) groups is 1. The molecule has 1 unspecified atom stereocenters. The predicted molar refractivity (Wildman–Crippen MR) is 78.4 cm³/mol. The van der Waals surface area contributed by atoms with Crippen molar-refractivity contribution in [2.75, 3.05) is 6.54 Å². The van der Waals surface area contributed by atoms with E-state index in [1.807, 2.05) is 6.07 Å². The Labute approximate surface area is 120 Å². The molecule has 0 aromatic heterocycles. The summed E-state index contributed by atoms with van der Waals surface area (Å²) in [5, 5.41) is 6.40. The number of hydrogen-bond donors (Lipinski definition) is 2. The first-order valence-electron chi connectivity index (χ1n) is 6.74. The lowest BCUT2D eigenvalue weighted by Crippen LogP contribution is -2.48. The van der Waals surface area contributed by atoms with Crippen molar-refractivity contribution in [1.82, 2.24) is 10.6 Å². The highest BCUT2D eigenvalue weighted by molar-refractivity contribution is 5.85. The molecule has 1 atom stereocenters. The van der Waals surface area contributed by atoms with Crippen molar-refractivity contribution in [2.45, 2.75) is 38.8 Å². The number of halogens is 1. The summed E-state index contributed by atoms with van der Waals surface area (Å²) in [6.45, 7) is 3.86. The fourth-order valence-corrected chi connectivity index (χ4v) is 2.45. The molecule has 0 radical (unpaired) electrons. The van der Waals surface area contributed by atoms with Crippen LogP contribution in [0.15, 0.2) is 24.3 Å². The first kappa shape index (κ1) is 14.4. The smallest absolute Gasteiger partial charge is 0.237 e. The van der Waals surface area contributed by atoms with Crippen LogP contribution in [0.2, 0.25) is 0 Å². The molecule has 1 aromatic carbocycles. The fraction of sp³-hybridized carbons (Fsp3) is 0.533. The molecule has 0 bridgehead atoms. The molecule has 3 nitrogen and oxygen atoms in total. The largest absolute Gasteiger partial charge is 0.354 e. The Morgan fingerprint density at radius 1 is 1.37 bits per heavy atom. The summed E-state index contributed by atoms with van der Waals surface area (Å²) in [6.07, 6.45) is 3.29. The molecule has 2 N–H and O–H groups in total. The number of benzene rings is 1. The van der Waals surface area contributed by atoms with Gasteiger partial charge in [0.05, 0.1) is 6.04 Å². The summed E-state index contributed by atoms with van der Waals surface area (Å²) in [5.41, 5.74) is 2.99. The van der Waals surface area contributed by atoms with Crippen molar-refractivity contribution < 1.29 is 4.79 Å². The van der Waals surface area contributed by atoms with Crippen molar-refractivity contribution >= 4 is 18.3 Å². The number of carbonyl (C=O) groups excluding carboxylic acids is 1. The number of amides is 1. The zero-order valence-electron chi connectivity index (χ0n) is 11.2. The van der Waals surface area contributed by atoms with Crippen LogP contribution in [0, 0.1) is 5.41 Å². The van der Waals surface area contributed by atoms with E-state index in [0.29, 0.717) is 5.41 Å². The molecule has 4 heteroatoms. The maximum Gasteiger partial charge on any atom is 0.237 e. The molecule has 3 rings (SSSR count). The first-order valence-corrected chi connectivity index (χ1v) is 6.74. The summed E-state index contributed by atoms with van der Waals surface area (Å²) >= 11 is 0. The van der Waals surface area contributed by atoms with Gasteiger partial charge in [0.15, 0.2) is 0 Å². The lowest BCUT2D eigenvalue weighted by Gasteiger charge is -2.25. The van der Waals surface area contributed by atoms with E-state index in [-0.39, 0.29) is 24.4 Å². The third-order valence-corrected chi connectivity index (χ3v) is 4.19. The average Bonchev–Trinajstić information content (AvgIpc) is 3.14. The summed E-state index contributed by atoms with van der Waals surface area (Å²) < 4.78 is 0. The van der Waals surface area contributed by atoms with Gasteiger partial charge in [-0.3, -0.25) is 4.79 Å². The van der Waals surface area contributed by atoms with E-state index in [1.54, 1.807) is 0 Å². The van der Waals surface area contributed by atoms with Crippen molar-refractivity contribution in [3.8, 4) is 0 Å². The Bertz CT molecular complexity index is 471. The van der Waals surface area contributed by atoms with Gasteiger partial charge in [-0.05, 0) is 35.8 Å². The Kier molecular flexibility index (Phi) is 4.16. The highest BCUT2D eigenvalue weighted by atomic mass is 35.5. The van der Waals surface area contributed by atoms with Crippen LogP contribution < -0.4 is 10.6 Å². The summed E-state index contributed by atoms with van der Waals surface area (Å²) in [6, 6.07) is 8.28. The monoisotopic (exact) mass is 280 g/mol. The molecule has 0 saturated heterocycles. The maximum absolute atomic E-state index is 12.1. The Morgan fingerprint density at radius 3 is 2.74 bits per heavy atom. The van der Waals surface area contributed by atoms with Crippen LogP contribution in [0.25, 0.3) is 0 Å². The molecule has 104 valence electrons. The molecule has 1 aliphatic heterocycles. The summed E-state index contributed by atoms with van der Waals surface area (Å²) in [5.74, 6) is 0.151. The van der Waals surface area contributed by atoms with Crippen LogP contribution in [-0.4, -0.2) is 18.5 Å². The average molecular weight is 281 g/mol. The van der Waals surface area contributed by atoms with Crippen molar-refractivity contribution in [3.63, 3.8) is 0 Å². The van der Waals surface area contributed by atoms with Crippen LogP contribution in [0.5, 0.6) is 0 Å². The van der Waals surface area contributed by atoms with E-state index in [2.05, 4.69) is 35.8 Å². The van der Waals surface area contributed by atoms with Gasteiger partial charge >= 0.3 is 0 Å². The summed E-state index contributed by atoms with van der Waals surface area (Å²) in [7, 11) is 0. The molecule has 1 fully saturated rings. The lowest BCUT2D eigenvalue weighted by molar-refractivity contribution is -0.123. The van der Waals surface area contributed by atoms with Gasteiger partial charge in [-0.1, -0.05) is 31.2 Å². The fourth-order valence-electron chi connectivity index (χ4n) is 2.45. The zero-order chi connectivity index (χ0) is 12.6. The van der Waals surface area contributed by atoms with Crippen molar-refractivity contribution in [3.05, 3.63) is 35.4 Å². The molecule has 1 saturated carbocycles. The standard InChI is InChI=1S/C15H20N2O.ClH/c1-15(6-7-15)10-17-14(18)13-8-11-4-2-3-5-12(11)9-16-13;/h2-5,13,16H,6-10H2,1H3,(H,17,18);1H. The zero-order valence-corrected chi connectivity index (χ0v) is 12.1. The van der Waals surface area contributed by atoms with Gasteiger partial charge in [-0.25, -0.2) is 0 Å². The Hall–Kier alpha value is -1.06. The third-order valence-electron chi connectivity index (χ3n) is 4.19. The first-order chi connectivity index (χ1) is 8.66. The predicted octanol–water partition coefficient (Wildman–Crippen LogP) is 2.04. The minimum Gasteiger partial charge on any atom is -0.354 e. The molecule has 1 aliphatic carbocycles. The molecule has 2 aliphatic rings. The van der Waals surface area contributed by atoms with Gasteiger partial charge in [0.2, 0.25) is 5.91 Å². The highest BCUT2D eigenvalue weighted by Crippen LogP contribution is 2.44. The van der Waals surface area contributed by atoms with E-state index < -0.39 is 0 Å². The van der Waals surface area contributed by atoms with E-state index in [1.165, 1.54) is 24.0 Å². The molecule has 0 spiro atoms. The Morgan fingerprint density at radius 2 is 2.05 bits per heavy atom. The summed E-state index contributed by atoms with van der Waals surface area (Å²) in [4.78, 5) is 12.1. The van der Waals surface area contributed by atoms with E-state index >= 15 is 0 Å². The number of rotatable bonds is 3. The van der Waals surface area contributed by atoms with Crippen LogP contribution in [0.1, 0.15) is 30.9 Å². The van der Waals surface area contributed by atoms with E-state index in [9.17, 15) is 4.79 Å². The molecule has 1 aromatic rings. The second-order valence-corrected chi connectivity index (χ2v) is 5.93. The SMILES string of the molecule is CC1(CNC(=O)C2Cc3ccccc3CN2)CC1.Cl. The topological polar surface area (TPSA) is 41.1 Å². The Balaban J connectivity index is 0.00000133. The van der Waals surface area contributed by atoms with Crippen LogP contribution >= 0.6 is 12.4 Å². The minimum absolute atomic E-state index is 0. The van der Waals surface area contributed by atoms with Crippen molar-refractivity contribution in [2.24, 2.45) is 5.41 Å². The number of hydrogen-bond acceptors (Lipinski definition) is 2. The van der Waals surface area contributed by atoms with Crippen LogP contribution in [0.4, 0.5) is 0 Å². The van der Waals surface area contributed by atoms with Crippen LogP contribution in [0.3, 0.4) is 0 Å². The number of nitrogens with one attached hydrogen (secondary N) is 2. The third kappa shape index (κ3) is 3.28. The molecule has 1 heterocycles. The van der Waals surface area contributed by atoms with E-state index in [0.717, 1.165) is 19.5 Å². The molecule has 1 amide bonds. The maximum atomic E-state index is 12.1. The van der Waals surface area contributed by atoms with Crippen LogP contribution in [-0.2, 0) is 17.8 Å². The van der Waals surface area contributed by atoms with E-state index in [4.69, 9.17) is 0 Å². The van der Waals surface area contributed by atoms with Gasteiger partial charge in [0.1, 0.15) is 0 Å². The number of fused-ring (bicyclic) bond motifs is 1. The molecular weight excluding hydrogens is 260 g/mol. The minimum atomic E-state index is -0.0674. The normalized spacial score (nSPS) is 22.9. The van der Waals surface area contributed by atoms with Gasteiger partial charge in [0, 0.05) is 13.1 Å². The van der Waals surface area contributed by atoms with Crippen molar-refractivity contribution in [1.29, 1.82) is 0 Å². The second kappa shape index (κ2) is 5.51. The van der Waals surface area contributed by atoms with Gasteiger partial charge in [-0.2, -0.15) is 0 Å². The molecular formula is C15H21ClN2O. The van der Waals surface area contributed by atoms with Gasteiger partial charge in [0.25, 0.3) is 0 Å². The lowest BCUT2D eigenvalue weighted by atomic mass is 9.95. The van der Waals surface area contributed by atoms with Gasteiger partial charge in [-0.15, -0.1) is 12.4 Å². The second-order valence-electron chi connectivity index (χ2n) is 5.93.